The van der Waals surface area contributed by atoms with Gasteiger partial charge in [-0.1, -0.05) is 15.9 Å². The van der Waals surface area contributed by atoms with Crippen molar-refractivity contribution in [2.75, 3.05) is 0 Å². The SMILES string of the molecule is Cc1cc(F)cc(C(Br)C(OC(C)(C)C)=C2CC2)c1C1CC1. The molecule has 0 amide bonds. The Morgan fingerprint density at radius 2 is 1.91 bits per heavy atom. The van der Waals surface area contributed by atoms with Crippen molar-refractivity contribution < 1.29 is 9.13 Å². The van der Waals surface area contributed by atoms with Crippen molar-refractivity contribution in [2.45, 2.75) is 69.7 Å². The van der Waals surface area contributed by atoms with Crippen LogP contribution in [0.1, 0.15) is 73.9 Å². The lowest BCUT2D eigenvalue weighted by molar-refractivity contribution is 0.0477. The monoisotopic (exact) mass is 366 g/mol. The van der Waals surface area contributed by atoms with Crippen molar-refractivity contribution in [3.05, 3.63) is 46.0 Å². The van der Waals surface area contributed by atoms with Gasteiger partial charge in [-0.2, -0.15) is 0 Å². The maximum atomic E-state index is 14.0. The molecule has 0 heterocycles. The molecular weight excluding hydrogens is 343 g/mol. The van der Waals surface area contributed by atoms with Gasteiger partial charge < -0.3 is 4.74 Å². The minimum Gasteiger partial charge on any atom is -0.491 e. The van der Waals surface area contributed by atoms with Gasteiger partial charge in [-0.25, -0.2) is 4.39 Å². The Balaban J connectivity index is 2.01. The van der Waals surface area contributed by atoms with Gasteiger partial charge in [0.25, 0.3) is 0 Å². The molecule has 120 valence electrons. The van der Waals surface area contributed by atoms with Crippen molar-refractivity contribution >= 4 is 15.9 Å². The largest absolute Gasteiger partial charge is 0.491 e. The molecule has 3 rings (SSSR count). The van der Waals surface area contributed by atoms with Gasteiger partial charge in [-0.05, 0) is 93.7 Å². The predicted octanol–water partition coefficient (Wildman–Crippen LogP) is 6.31. The second-order valence-corrected chi connectivity index (χ2v) is 8.46. The summed E-state index contributed by atoms with van der Waals surface area (Å²) in [5.74, 6) is 1.44. The van der Waals surface area contributed by atoms with Gasteiger partial charge in [0.1, 0.15) is 17.2 Å². The van der Waals surface area contributed by atoms with E-state index >= 15 is 0 Å². The molecule has 2 fully saturated rings. The molecule has 0 bridgehead atoms. The van der Waals surface area contributed by atoms with E-state index in [0.29, 0.717) is 5.92 Å². The van der Waals surface area contributed by atoms with Crippen LogP contribution in [0.3, 0.4) is 0 Å². The number of aryl methyl sites for hydroxylation is 1. The normalized spacial score (nSPS) is 19.1. The number of ether oxygens (including phenoxy) is 1. The molecule has 1 nitrogen and oxygen atoms in total. The molecule has 0 aromatic heterocycles. The van der Waals surface area contributed by atoms with Crippen LogP contribution in [-0.2, 0) is 4.74 Å². The number of halogens is 2. The number of allylic oxidation sites excluding steroid dienone is 2. The van der Waals surface area contributed by atoms with Crippen LogP contribution in [-0.4, -0.2) is 5.60 Å². The zero-order valence-corrected chi connectivity index (χ0v) is 15.4. The fourth-order valence-electron chi connectivity index (χ4n) is 3.00. The highest BCUT2D eigenvalue weighted by atomic mass is 79.9. The van der Waals surface area contributed by atoms with Gasteiger partial charge >= 0.3 is 0 Å². The van der Waals surface area contributed by atoms with Gasteiger partial charge in [0.15, 0.2) is 0 Å². The lowest BCUT2D eigenvalue weighted by Gasteiger charge is -2.28. The third-order valence-corrected chi connectivity index (χ3v) is 5.05. The molecule has 3 heteroatoms. The highest BCUT2D eigenvalue weighted by Crippen LogP contribution is 2.50. The summed E-state index contributed by atoms with van der Waals surface area (Å²) in [6, 6.07) is 3.35. The van der Waals surface area contributed by atoms with Crippen molar-refractivity contribution in [1.29, 1.82) is 0 Å². The molecule has 0 spiro atoms. The summed E-state index contributed by atoms with van der Waals surface area (Å²) in [5, 5.41) is 0. The average molecular weight is 367 g/mol. The van der Waals surface area contributed by atoms with Gasteiger partial charge in [-0.3, -0.25) is 0 Å². The summed E-state index contributed by atoms with van der Waals surface area (Å²) < 4.78 is 20.2. The van der Waals surface area contributed by atoms with E-state index < -0.39 is 0 Å². The highest BCUT2D eigenvalue weighted by molar-refractivity contribution is 9.09. The van der Waals surface area contributed by atoms with Crippen molar-refractivity contribution in [3.8, 4) is 0 Å². The molecule has 1 atom stereocenters. The summed E-state index contributed by atoms with van der Waals surface area (Å²) in [6.45, 7) is 8.21. The van der Waals surface area contributed by atoms with E-state index in [1.54, 1.807) is 12.1 Å². The van der Waals surface area contributed by atoms with Crippen molar-refractivity contribution in [2.24, 2.45) is 0 Å². The Bertz CT molecular complexity index is 617. The third kappa shape index (κ3) is 3.56. The van der Waals surface area contributed by atoms with E-state index in [1.807, 2.05) is 6.92 Å². The first-order valence-electron chi connectivity index (χ1n) is 8.11. The fraction of sp³-hybridized carbons (Fsp3) is 0.579. The Morgan fingerprint density at radius 3 is 2.41 bits per heavy atom. The summed E-state index contributed by atoms with van der Waals surface area (Å²) >= 11 is 3.81. The predicted molar refractivity (Wildman–Crippen MR) is 91.9 cm³/mol. The molecule has 2 saturated carbocycles. The van der Waals surface area contributed by atoms with Crippen LogP contribution in [0.4, 0.5) is 4.39 Å². The minimum atomic E-state index is -0.237. The Morgan fingerprint density at radius 1 is 1.27 bits per heavy atom. The summed E-state index contributed by atoms with van der Waals surface area (Å²) in [5.41, 5.74) is 4.57. The van der Waals surface area contributed by atoms with E-state index in [2.05, 4.69) is 36.7 Å². The van der Waals surface area contributed by atoms with Crippen LogP contribution in [0.15, 0.2) is 23.5 Å². The topological polar surface area (TPSA) is 9.23 Å². The Kier molecular flexibility index (Phi) is 4.13. The second-order valence-electron chi connectivity index (χ2n) is 7.54. The maximum Gasteiger partial charge on any atom is 0.123 e. The molecule has 1 unspecified atom stereocenters. The molecule has 1 aromatic carbocycles. The first-order valence-corrected chi connectivity index (χ1v) is 9.03. The molecular formula is C19H24BrFO. The molecule has 0 N–H and O–H groups in total. The second kappa shape index (κ2) is 5.67. The molecule has 22 heavy (non-hydrogen) atoms. The zero-order valence-electron chi connectivity index (χ0n) is 13.8. The first-order chi connectivity index (χ1) is 10.3. The molecule has 0 radical (unpaired) electrons. The molecule has 2 aliphatic rings. The molecule has 0 saturated heterocycles. The number of hydrogen-bond donors (Lipinski definition) is 0. The van der Waals surface area contributed by atoms with Gasteiger partial charge in [-0.15, -0.1) is 0 Å². The van der Waals surface area contributed by atoms with Crippen LogP contribution in [0.25, 0.3) is 0 Å². The van der Waals surface area contributed by atoms with Gasteiger partial charge in [0, 0.05) is 0 Å². The maximum absolute atomic E-state index is 14.0. The van der Waals surface area contributed by atoms with E-state index in [9.17, 15) is 4.39 Å². The summed E-state index contributed by atoms with van der Waals surface area (Å²) in [4.78, 5) is -0.0470. The number of alkyl halides is 1. The van der Waals surface area contributed by atoms with Crippen LogP contribution in [0.2, 0.25) is 0 Å². The van der Waals surface area contributed by atoms with Crippen LogP contribution >= 0.6 is 15.9 Å². The van der Waals surface area contributed by atoms with Crippen LogP contribution < -0.4 is 0 Å². The van der Waals surface area contributed by atoms with Crippen LogP contribution in [0.5, 0.6) is 0 Å². The van der Waals surface area contributed by atoms with E-state index in [0.717, 1.165) is 29.7 Å². The zero-order chi connectivity index (χ0) is 16.1. The Hall–Kier alpha value is -0.830. The van der Waals surface area contributed by atoms with Crippen LogP contribution in [0, 0.1) is 12.7 Å². The van der Waals surface area contributed by atoms with Crippen molar-refractivity contribution in [3.63, 3.8) is 0 Å². The lowest BCUT2D eigenvalue weighted by Crippen LogP contribution is -2.21. The standard InChI is InChI=1S/C19H24BrFO/c1-11-9-14(21)10-15(16(11)12-5-6-12)17(20)18(13-7-8-13)22-19(2,3)4/h9-10,12,17H,5-8H2,1-4H3. The molecule has 1 aromatic rings. The molecule has 0 aliphatic heterocycles. The van der Waals surface area contributed by atoms with Gasteiger partial charge in [0.2, 0.25) is 0 Å². The fourth-order valence-corrected chi connectivity index (χ4v) is 3.80. The highest BCUT2D eigenvalue weighted by Gasteiger charge is 2.34. The number of benzene rings is 1. The smallest absolute Gasteiger partial charge is 0.123 e. The third-order valence-electron chi connectivity index (χ3n) is 4.14. The summed E-state index contributed by atoms with van der Waals surface area (Å²) in [6.07, 6.45) is 4.62. The Labute approximate surface area is 141 Å². The van der Waals surface area contributed by atoms with E-state index in [-0.39, 0.29) is 16.2 Å². The average Bonchev–Trinajstić information content (AvgIpc) is 3.24. The van der Waals surface area contributed by atoms with E-state index in [4.69, 9.17) is 4.74 Å². The number of rotatable bonds is 4. The lowest BCUT2D eigenvalue weighted by atomic mass is 9.94. The van der Waals surface area contributed by atoms with Crippen molar-refractivity contribution in [1.82, 2.24) is 0 Å². The minimum absolute atomic E-state index is 0.0470. The van der Waals surface area contributed by atoms with Gasteiger partial charge in [0.05, 0.1) is 4.83 Å². The van der Waals surface area contributed by atoms with E-state index in [1.165, 1.54) is 24.0 Å². The number of hydrogen-bond acceptors (Lipinski definition) is 1. The first kappa shape index (κ1) is 16.0. The molecule has 2 aliphatic carbocycles. The quantitative estimate of drug-likeness (QED) is 0.448. The summed E-state index contributed by atoms with van der Waals surface area (Å²) in [7, 11) is 0.